The van der Waals surface area contributed by atoms with Crippen molar-refractivity contribution in [1.29, 1.82) is 0 Å². The summed E-state index contributed by atoms with van der Waals surface area (Å²) in [6.45, 7) is 3.73. The normalized spacial score (nSPS) is 12.9. The maximum Gasteiger partial charge on any atom is 0.697 e. The third-order valence-corrected chi connectivity index (χ3v) is 2.69. The first-order valence-corrected chi connectivity index (χ1v) is 5.48. The van der Waals surface area contributed by atoms with Crippen molar-refractivity contribution < 1.29 is 14.0 Å². The van der Waals surface area contributed by atoms with Crippen LogP contribution >= 0.6 is 8.25 Å². The molecule has 1 N–H and O–H groups in total. The Morgan fingerprint density at radius 3 is 2.57 bits per heavy atom. The molecule has 0 amide bonds. The SMILES string of the molecule is CCC(CC)(O[P+](=O)O)n1cncn1. The summed E-state index contributed by atoms with van der Waals surface area (Å²) in [6.07, 6.45) is 3.95. The van der Waals surface area contributed by atoms with Gasteiger partial charge in [0.1, 0.15) is 12.7 Å². The Kier molecular flexibility index (Phi) is 3.69. The quantitative estimate of drug-likeness (QED) is 0.756. The van der Waals surface area contributed by atoms with E-state index in [0.29, 0.717) is 12.8 Å². The van der Waals surface area contributed by atoms with Gasteiger partial charge in [0.05, 0.1) is 0 Å². The number of hydrogen-bond acceptors (Lipinski definition) is 4. The lowest BCUT2D eigenvalue weighted by atomic mass is 10.1. The van der Waals surface area contributed by atoms with Crippen LogP contribution < -0.4 is 0 Å². The average Bonchev–Trinajstić information content (AvgIpc) is 2.67. The second-order valence-electron chi connectivity index (χ2n) is 2.82. The summed E-state index contributed by atoms with van der Waals surface area (Å²) >= 11 is 0. The van der Waals surface area contributed by atoms with Crippen LogP contribution in [0.3, 0.4) is 0 Å². The number of hydrogen-bond donors (Lipinski definition) is 1. The van der Waals surface area contributed by atoms with Gasteiger partial charge in [-0.1, -0.05) is 18.4 Å². The van der Waals surface area contributed by atoms with Gasteiger partial charge in [0.25, 0.3) is 0 Å². The van der Waals surface area contributed by atoms with Crippen molar-refractivity contribution >= 4 is 8.25 Å². The van der Waals surface area contributed by atoms with Crippen molar-refractivity contribution in [2.45, 2.75) is 32.4 Å². The van der Waals surface area contributed by atoms with Gasteiger partial charge in [0.15, 0.2) is 0 Å². The molecule has 78 valence electrons. The Bertz CT molecular complexity index is 297. The molecule has 1 aromatic rings. The van der Waals surface area contributed by atoms with Gasteiger partial charge in [-0.2, -0.15) is 5.10 Å². The molecule has 0 aliphatic heterocycles. The largest absolute Gasteiger partial charge is 0.697 e. The number of nitrogens with zero attached hydrogens (tertiary/aromatic N) is 3. The van der Waals surface area contributed by atoms with Crippen LogP contribution in [0.4, 0.5) is 0 Å². The fourth-order valence-corrected chi connectivity index (χ4v) is 1.94. The molecule has 0 saturated carbocycles. The molecular formula is C7H13N3O3P+. The van der Waals surface area contributed by atoms with Crippen molar-refractivity contribution in [3.05, 3.63) is 12.7 Å². The second kappa shape index (κ2) is 4.59. The van der Waals surface area contributed by atoms with Crippen molar-refractivity contribution in [2.75, 3.05) is 0 Å². The Morgan fingerprint density at radius 1 is 1.57 bits per heavy atom. The predicted octanol–water partition coefficient (Wildman–Crippen LogP) is 1.42. The van der Waals surface area contributed by atoms with E-state index in [2.05, 4.69) is 10.1 Å². The minimum atomic E-state index is -2.64. The van der Waals surface area contributed by atoms with E-state index in [9.17, 15) is 4.57 Å². The topological polar surface area (TPSA) is 77.2 Å². The summed E-state index contributed by atoms with van der Waals surface area (Å²) in [5.74, 6) is 0. The minimum absolute atomic E-state index is 0.550. The molecule has 0 fully saturated rings. The summed E-state index contributed by atoms with van der Waals surface area (Å²) in [4.78, 5) is 12.6. The Hall–Kier alpha value is -0.840. The lowest BCUT2D eigenvalue weighted by Gasteiger charge is -2.24. The van der Waals surface area contributed by atoms with E-state index in [4.69, 9.17) is 9.42 Å². The maximum absolute atomic E-state index is 10.7. The summed E-state index contributed by atoms with van der Waals surface area (Å²) in [7, 11) is -2.64. The summed E-state index contributed by atoms with van der Waals surface area (Å²) < 4.78 is 17.2. The molecule has 0 aromatic carbocycles. The minimum Gasteiger partial charge on any atom is -0.223 e. The standard InChI is InChI=1S/C7H12N3O3P/c1-3-7(4-2,13-14(11)12)10-6-8-5-9-10/h5-6H,3-4H2,1-2H3/p+1. The molecule has 7 heteroatoms. The summed E-state index contributed by atoms with van der Waals surface area (Å²) in [5, 5.41) is 3.92. The maximum atomic E-state index is 10.7. The van der Waals surface area contributed by atoms with Gasteiger partial charge in [0, 0.05) is 4.57 Å². The van der Waals surface area contributed by atoms with Gasteiger partial charge < -0.3 is 0 Å². The van der Waals surface area contributed by atoms with Crippen molar-refractivity contribution in [3.63, 3.8) is 0 Å². The van der Waals surface area contributed by atoms with Gasteiger partial charge in [-0.3, -0.25) is 0 Å². The molecule has 0 spiro atoms. The average molecular weight is 218 g/mol. The first kappa shape index (κ1) is 11.2. The smallest absolute Gasteiger partial charge is 0.223 e. The predicted molar refractivity (Wildman–Crippen MR) is 49.5 cm³/mol. The molecule has 1 unspecified atom stereocenters. The van der Waals surface area contributed by atoms with Gasteiger partial charge in [-0.25, -0.2) is 9.67 Å². The van der Waals surface area contributed by atoms with Gasteiger partial charge >= 0.3 is 8.25 Å². The highest BCUT2D eigenvalue weighted by Crippen LogP contribution is 2.34. The lowest BCUT2D eigenvalue weighted by molar-refractivity contribution is -0.0306. The molecule has 1 rings (SSSR count). The van der Waals surface area contributed by atoms with E-state index in [-0.39, 0.29) is 0 Å². The van der Waals surface area contributed by atoms with E-state index < -0.39 is 14.0 Å². The zero-order valence-electron chi connectivity index (χ0n) is 8.12. The second-order valence-corrected chi connectivity index (χ2v) is 3.48. The summed E-state index contributed by atoms with van der Waals surface area (Å²) in [6, 6.07) is 0. The highest BCUT2D eigenvalue weighted by atomic mass is 31.1. The molecular weight excluding hydrogens is 205 g/mol. The summed E-state index contributed by atoms with van der Waals surface area (Å²) in [5.41, 5.74) is -0.862. The van der Waals surface area contributed by atoms with Crippen LogP contribution in [-0.2, 0) is 14.8 Å². The van der Waals surface area contributed by atoms with E-state index in [1.807, 2.05) is 13.8 Å². The Morgan fingerprint density at radius 2 is 2.21 bits per heavy atom. The van der Waals surface area contributed by atoms with Crippen molar-refractivity contribution in [3.8, 4) is 0 Å². The van der Waals surface area contributed by atoms with Gasteiger partial charge in [-0.05, 0) is 12.8 Å². The highest BCUT2D eigenvalue weighted by Gasteiger charge is 2.39. The first-order valence-electron chi connectivity index (χ1n) is 4.35. The molecule has 1 heterocycles. The van der Waals surface area contributed by atoms with Crippen LogP contribution in [0.25, 0.3) is 0 Å². The molecule has 6 nitrogen and oxygen atoms in total. The molecule has 1 aromatic heterocycles. The highest BCUT2D eigenvalue weighted by molar-refractivity contribution is 7.32. The Balaban J connectivity index is 2.97. The molecule has 0 bridgehead atoms. The molecule has 0 saturated heterocycles. The Labute approximate surface area is 82.9 Å². The van der Waals surface area contributed by atoms with Crippen molar-refractivity contribution in [2.24, 2.45) is 0 Å². The van der Waals surface area contributed by atoms with E-state index in [0.717, 1.165) is 0 Å². The van der Waals surface area contributed by atoms with Gasteiger partial charge in [-0.15, -0.1) is 4.89 Å². The van der Waals surface area contributed by atoms with Crippen LogP contribution in [0, 0.1) is 0 Å². The number of aromatic nitrogens is 3. The third kappa shape index (κ3) is 2.15. The van der Waals surface area contributed by atoms with Crippen LogP contribution in [0.2, 0.25) is 0 Å². The van der Waals surface area contributed by atoms with Crippen molar-refractivity contribution in [1.82, 2.24) is 14.8 Å². The fourth-order valence-electron chi connectivity index (χ4n) is 1.31. The molecule has 0 aliphatic rings. The van der Waals surface area contributed by atoms with E-state index >= 15 is 0 Å². The van der Waals surface area contributed by atoms with Crippen LogP contribution in [0.1, 0.15) is 26.7 Å². The van der Waals surface area contributed by atoms with E-state index in [1.165, 1.54) is 17.3 Å². The number of rotatable bonds is 5. The lowest BCUT2D eigenvalue weighted by Crippen LogP contribution is -2.34. The zero-order chi connectivity index (χ0) is 10.6. The molecule has 0 aliphatic carbocycles. The monoisotopic (exact) mass is 218 g/mol. The van der Waals surface area contributed by atoms with E-state index in [1.54, 1.807) is 0 Å². The fraction of sp³-hybridized carbons (Fsp3) is 0.714. The van der Waals surface area contributed by atoms with Crippen LogP contribution in [-0.4, -0.2) is 19.7 Å². The molecule has 0 radical (unpaired) electrons. The van der Waals surface area contributed by atoms with Gasteiger partial charge in [0.2, 0.25) is 5.72 Å². The molecule has 14 heavy (non-hydrogen) atoms. The first-order chi connectivity index (χ1) is 6.64. The zero-order valence-corrected chi connectivity index (χ0v) is 9.02. The van der Waals surface area contributed by atoms with Crippen LogP contribution in [0.15, 0.2) is 12.7 Å². The molecule has 1 atom stereocenters. The van der Waals surface area contributed by atoms with Crippen LogP contribution in [0.5, 0.6) is 0 Å². The third-order valence-electron chi connectivity index (χ3n) is 2.19.